The maximum atomic E-state index is 11.5. The van der Waals surface area contributed by atoms with Crippen molar-refractivity contribution in [2.24, 2.45) is 7.05 Å². The van der Waals surface area contributed by atoms with Crippen LogP contribution in [0.25, 0.3) is 0 Å². The molecular formula is C10H14N2O3. The molecule has 0 saturated heterocycles. The molecule has 0 aromatic carbocycles. The number of hydrogen-bond acceptors (Lipinski definition) is 4. The lowest BCUT2D eigenvalue weighted by atomic mass is 10.2. The molecule has 0 radical (unpaired) electrons. The minimum atomic E-state index is -0.562. The molecule has 5 heteroatoms. The number of carbonyl (C=O) groups excluding carboxylic acids is 1. The molecule has 5 nitrogen and oxygen atoms in total. The van der Waals surface area contributed by atoms with Crippen molar-refractivity contribution < 1.29 is 9.53 Å². The van der Waals surface area contributed by atoms with Crippen molar-refractivity contribution in [2.45, 2.75) is 26.4 Å². The van der Waals surface area contributed by atoms with Crippen LogP contribution in [-0.2, 0) is 11.8 Å². The third kappa shape index (κ3) is 3.19. The number of rotatable bonds is 1. The predicted molar refractivity (Wildman–Crippen MR) is 54.6 cm³/mol. The first-order valence-electron chi connectivity index (χ1n) is 4.57. The van der Waals surface area contributed by atoms with Crippen molar-refractivity contribution in [3.8, 4) is 0 Å². The molecule has 1 aromatic heterocycles. The van der Waals surface area contributed by atoms with Crippen LogP contribution in [0.1, 0.15) is 31.3 Å². The normalized spacial score (nSPS) is 11.2. The molecule has 1 rings (SSSR count). The highest BCUT2D eigenvalue weighted by Crippen LogP contribution is 2.09. The summed E-state index contributed by atoms with van der Waals surface area (Å²) in [4.78, 5) is 22.6. The number of nitrogens with zero attached hydrogens (tertiary/aromatic N) is 2. The van der Waals surface area contributed by atoms with E-state index in [0.717, 1.165) is 4.68 Å². The van der Waals surface area contributed by atoms with Crippen molar-refractivity contribution in [3.05, 3.63) is 28.2 Å². The fourth-order valence-corrected chi connectivity index (χ4v) is 0.942. The van der Waals surface area contributed by atoms with Crippen LogP contribution in [0.2, 0.25) is 0 Å². The van der Waals surface area contributed by atoms with Crippen LogP contribution in [0.4, 0.5) is 0 Å². The summed E-state index contributed by atoms with van der Waals surface area (Å²) in [7, 11) is 1.48. The number of aromatic nitrogens is 2. The standard InChI is InChI=1S/C10H14N2O3/c1-10(2,3)15-9(14)7-5-6-8(13)12(4)11-7/h5-6H,1-4H3. The van der Waals surface area contributed by atoms with Crippen LogP contribution >= 0.6 is 0 Å². The molecule has 0 atom stereocenters. The van der Waals surface area contributed by atoms with Crippen molar-refractivity contribution in [3.63, 3.8) is 0 Å². The average Bonchev–Trinajstić information content (AvgIpc) is 2.06. The van der Waals surface area contributed by atoms with Gasteiger partial charge in [-0.15, -0.1) is 0 Å². The van der Waals surface area contributed by atoms with E-state index in [2.05, 4.69) is 5.10 Å². The average molecular weight is 210 g/mol. The van der Waals surface area contributed by atoms with Gasteiger partial charge in [-0.25, -0.2) is 9.48 Å². The summed E-state index contributed by atoms with van der Waals surface area (Å²) >= 11 is 0. The minimum Gasteiger partial charge on any atom is -0.455 e. The van der Waals surface area contributed by atoms with E-state index in [0.29, 0.717) is 0 Å². The molecule has 0 unspecified atom stereocenters. The van der Waals surface area contributed by atoms with E-state index in [1.807, 2.05) is 0 Å². The van der Waals surface area contributed by atoms with E-state index in [4.69, 9.17) is 4.74 Å². The first kappa shape index (κ1) is 11.4. The van der Waals surface area contributed by atoms with Gasteiger partial charge < -0.3 is 4.74 Å². The highest BCUT2D eigenvalue weighted by molar-refractivity contribution is 5.87. The molecule has 0 amide bonds. The Labute approximate surface area is 87.7 Å². The number of esters is 1. The Morgan fingerprint density at radius 1 is 1.40 bits per heavy atom. The highest BCUT2D eigenvalue weighted by Gasteiger charge is 2.19. The van der Waals surface area contributed by atoms with E-state index < -0.39 is 11.6 Å². The largest absolute Gasteiger partial charge is 0.455 e. The van der Waals surface area contributed by atoms with Gasteiger partial charge in [-0.1, -0.05) is 0 Å². The van der Waals surface area contributed by atoms with Crippen LogP contribution in [-0.4, -0.2) is 21.4 Å². The Morgan fingerprint density at radius 3 is 2.47 bits per heavy atom. The lowest BCUT2D eigenvalue weighted by molar-refractivity contribution is 0.00602. The molecule has 0 N–H and O–H groups in total. The predicted octanol–water partition coefficient (Wildman–Crippen LogP) is 0.736. The van der Waals surface area contributed by atoms with Gasteiger partial charge in [0, 0.05) is 13.1 Å². The summed E-state index contributed by atoms with van der Waals surface area (Å²) in [5.74, 6) is -0.530. The molecule has 0 saturated carbocycles. The lowest BCUT2D eigenvalue weighted by Gasteiger charge is -2.18. The van der Waals surface area contributed by atoms with E-state index >= 15 is 0 Å². The number of carbonyl (C=O) groups is 1. The van der Waals surface area contributed by atoms with Gasteiger partial charge in [-0.05, 0) is 26.8 Å². The van der Waals surface area contributed by atoms with Crippen molar-refractivity contribution >= 4 is 5.97 Å². The number of ether oxygens (including phenoxy) is 1. The molecule has 0 spiro atoms. The van der Waals surface area contributed by atoms with Gasteiger partial charge in [0.15, 0.2) is 5.69 Å². The highest BCUT2D eigenvalue weighted by atomic mass is 16.6. The summed E-state index contributed by atoms with van der Waals surface area (Å²) in [6, 6.07) is 2.64. The quantitative estimate of drug-likeness (QED) is 0.641. The first-order chi connectivity index (χ1) is 6.79. The second-order valence-electron chi connectivity index (χ2n) is 4.18. The Morgan fingerprint density at radius 2 is 2.00 bits per heavy atom. The Bertz CT molecular complexity index is 429. The molecule has 82 valence electrons. The van der Waals surface area contributed by atoms with Gasteiger partial charge in [0.05, 0.1) is 0 Å². The summed E-state index contributed by atoms with van der Waals surface area (Å²) in [5.41, 5.74) is -0.692. The zero-order valence-corrected chi connectivity index (χ0v) is 9.27. The van der Waals surface area contributed by atoms with Crippen molar-refractivity contribution in [1.82, 2.24) is 9.78 Å². The topological polar surface area (TPSA) is 61.2 Å². The number of aryl methyl sites for hydroxylation is 1. The van der Waals surface area contributed by atoms with E-state index in [1.54, 1.807) is 20.8 Å². The zero-order chi connectivity index (χ0) is 11.6. The van der Waals surface area contributed by atoms with Gasteiger partial charge in [0.2, 0.25) is 0 Å². The van der Waals surface area contributed by atoms with Crippen molar-refractivity contribution in [2.75, 3.05) is 0 Å². The smallest absolute Gasteiger partial charge is 0.359 e. The molecule has 1 heterocycles. The zero-order valence-electron chi connectivity index (χ0n) is 9.27. The summed E-state index contributed by atoms with van der Waals surface area (Å²) in [6.07, 6.45) is 0. The molecule has 0 bridgehead atoms. The molecule has 0 aliphatic heterocycles. The third-order valence-corrected chi connectivity index (χ3v) is 1.57. The lowest BCUT2D eigenvalue weighted by Crippen LogP contribution is -2.27. The van der Waals surface area contributed by atoms with Crippen molar-refractivity contribution in [1.29, 1.82) is 0 Å². The maximum absolute atomic E-state index is 11.5. The van der Waals surface area contributed by atoms with E-state index in [-0.39, 0.29) is 11.3 Å². The second kappa shape index (κ2) is 3.84. The van der Waals surface area contributed by atoms with Crippen LogP contribution in [0.5, 0.6) is 0 Å². The Balaban J connectivity index is 2.93. The van der Waals surface area contributed by atoms with Crippen LogP contribution < -0.4 is 5.56 Å². The van der Waals surface area contributed by atoms with Gasteiger partial charge in [-0.2, -0.15) is 5.10 Å². The molecule has 15 heavy (non-hydrogen) atoms. The SMILES string of the molecule is Cn1nc(C(=O)OC(C)(C)C)ccc1=O. The summed E-state index contributed by atoms with van der Waals surface area (Å²) in [5, 5.41) is 3.79. The Kier molecular flexibility index (Phi) is 2.93. The van der Waals surface area contributed by atoms with E-state index in [1.165, 1.54) is 19.2 Å². The maximum Gasteiger partial charge on any atom is 0.359 e. The van der Waals surface area contributed by atoms with Crippen LogP contribution in [0, 0.1) is 0 Å². The summed E-state index contributed by atoms with van der Waals surface area (Å²) in [6.45, 7) is 5.31. The molecular weight excluding hydrogens is 196 g/mol. The van der Waals surface area contributed by atoms with Crippen LogP contribution in [0.3, 0.4) is 0 Å². The van der Waals surface area contributed by atoms with Gasteiger partial charge in [0.1, 0.15) is 5.60 Å². The molecule has 1 aromatic rings. The van der Waals surface area contributed by atoms with Gasteiger partial charge in [0.25, 0.3) is 5.56 Å². The second-order valence-corrected chi connectivity index (χ2v) is 4.18. The Hall–Kier alpha value is -1.65. The molecule has 0 aliphatic carbocycles. The molecule has 0 fully saturated rings. The monoisotopic (exact) mass is 210 g/mol. The number of hydrogen-bond donors (Lipinski definition) is 0. The fourth-order valence-electron chi connectivity index (χ4n) is 0.942. The van der Waals surface area contributed by atoms with Crippen LogP contribution in [0.15, 0.2) is 16.9 Å². The van der Waals surface area contributed by atoms with E-state index in [9.17, 15) is 9.59 Å². The molecule has 0 aliphatic rings. The fraction of sp³-hybridized carbons (Fsp3) is 0.500. The minimum absolute atomic E-state index is 0.132. The van der Waals surface area contributed by atoms with Gasteiger partial charge in [-0.3, -0.25) is 4.79 Å². The third-order valence-electron chi connectivity index (χ3n) is 1.57. The van der Waals surface area contributed by atoms with Gasteiger partial charge >= 0.3 is 5.97 Å². The summed E-state index contributed by atoms with van der Waals surface area (Å²) < 4.78 is 6.20. The first-order valence-corrected chi connectivity index (χ1v) is 4.57.